The fourth-order valence-electron chi connectivity index (χ4n) is 1.92. The second-order valence-electron chi connectivity index (χ2n) is 4.84. The van der Waals surface area contributed by atoms with Gasteiger partial charge in [0.25, 0.3) is 5.91 Å². The maximum atomic E-state index is 11.8. The summed E-state index contributed by atoms with van der Waals surface area (Å²) in [5.41, 5.74) is 7.75. The Hall–Kier alpha value is -1.55. The molecule has 98 valence electrons. The molecule has 1 fully saturated rings. The highest BCUT2D eigenvalue weighted by Gasteiger charge is 2.29. The molecule has 4 nitrogen and oxygen atoms in total. The van der Waals surface area contributed by atoms with Crippen molar-refractivity contribution in [3.05, 3.63) is 29.3 Å². The highest BCUT2D eigenvalue weighted by Crippen LogP contribution is 2.25. The van der Waals surface area contributed by atoms with Crippen LogP contribution in [0.1, 0.15) is 24.0 Å². The van der Waals surface area contributed by atoms with Crippen LogP contribution in [0.25, 0.3) is 0 Å². The molecular formula is C14H20N2O2. The Morgan fingerprint density at radius 3 is 2.83 bits per heavy atom. The summed E-state index contributed by atoms with van der Waals surface area (Å²) in [6.07, 6.45) is 2.22. The summed E-state index contributed by atoms with van der Waals surface area (Å²) in [5.74, 6) is 0.738. The first kappa shape index (κ1) is 12.9. The van der Waals surface area contributed by atoms with E-state index in [0.717, 1.165) is 24.0 Å². The number of nitrogens with two attached hydrogens (primary N) is 1. The molecule has 1 aromatic rings. The van der Waals surface area contributed by atoms with E-state index in [1.54, 1.807) is 4.90 Å². The standard InChI is InChI=1S/C14H20N2O2/c1-10-3-6-13(11(7-10)8-15)18-9-14(17)16(2)12-4-5-12/h3,6-7,12H,4-5,8-9,15H2,1-2H3. The molecular weight excluding hydrogens is 228 g/mol. The van der Waals surface area contributed by atoms with Gasteiger partial charge in [-0.15, -0.1) is 0 Å². The van der Waals surface area contributed by atoms with Crippen molar-refractivity contribution >= 4 is 5.91 Å². The SMILES string of the molecule is Cc1ccc(OCC(=O)N(C)C2CC2)c(CN)c1. The van der Waals surface area contributed by atoms with Crippen LogP contribution in [0.4, 0.5) is 0 Å². The largest absolute Gasteiger partial charge is 0.483 e. The van der Waals surface area contributed by atoms with Crippen LogP contribution < -0.4 is 10.5 Å². The molecule has 2 N–H and O–H groups in total. The lowest BCUT2D eigenvalue weighted by Crippen LogP contribution is -2.33. The summed E-state index contributed by atoms with van der Waals surface area (Å²) in [4.78, 5) is 13.6. The number of rotatable bonds is 5. The Morgan fingerprint density at radius 1 is 1.50 bits per heavy atom. The van der Waals surface area contributed by atoms with Crippen molar-refractivity contribution in [2.75, 3.05) is 13.7 Å². The molecule has 1 aliphatic rings. The van der Waals surface area contributed by atoms with Crippen LogP contribution in [0.2, 0.25) is 0 Å². The van der Waals surface area contributed by atoms with Crippen LogP contribution >= 0.6 is 0 Å². The molecule has 0 saturated heterocycles. The van der Waals surface area contributed by atoms with Crippen LogP contribution in [-0.4, -0.2) is 30.5 Å². The smallest absolute Gasteiger partial charge is 0.260 e. The van der Waals surface area contributed by atoms with Crippen LogP contribution in [0.3, 0.4) is 0 Å². The molecule has 0 bridgehead atoms. The molecule has 0 aromatic heterocycles. The Bertz CT molecular complexity index is 441. The van der Waals surface area contributed by atoms with Gasteiger partial charge < -0.3 is 15.4 Å². The molecule has 1 amide bonds. The topological polar surface area (TPSA) is 55.6 Å². The van der Waals surface area contributed by atoms with E-state index in [9.17, 15) is 4.79 Å². The average molecular weight is 248 g/mol. The van der Waals surface area contributed by atoms with Crippen molar-refractivity contribution in [1.82, 2.24) is 4.90 Å². The molecule has 2 rings (SSSR count). The Kier molecular flexibility index (Phi) is 3.87. The summed E-state index contributed by atoms with van der Waals surface area (Å²) in [7, 11) is 1.84. The van der Waals surface area contributed by atoms with Crippen LogP contribution in [0.15, 0.2) is 18.2 Å². The molecule has 1 aliphatic carbocycles. The average Bonchev–Trinajstić information content (AvgIpc) is 3.20. The lowest BCUT2D eigenvalue weighted by atomic mass is 10.1. The van der Waals surface area contributed by atoms with Gasteiger partial charge in [0.15, 0.2) is 6.61 Å². The number of amides is 1. The number of carbonyl (C=O) groups is 1. The predicted molar refractivity (Wildman–Crippen MR) is 70.4 cm³/mol. The number of benzene rings is 1. The van der Waals surface area contributed by atoms with E-state index >= 15 is 0 Å². The summed E-state index contributed by atoms with van der Waals surface area (Å²) >= 11 is 0. The van der Waals surface area contributed by atoms with E-state index in [4.69, 9.17) is 10.5 Å². The lowest BCUT2D eigenvalue weighted by Gasteiger charge is -2.17. The first-order valence-electron chi connectivity index (χ1n) is 6.30. The highest BCUT2D eigenvalue weighted by molar-refractivity contribution is 5.78. The van der Waals surface area contributed by atoms with Crippen molar-refractivity contribution in [3.8, 4) is 5.75 Å². The number of nitrogens with zero attached hydrogens (tertiary/aromatic N) is 1. The van der Waals surface area contributed by atoms with E-state index < -0.39 is 0 Å². The van der Waals surface area contributed by atoms with Gasteiger partial charge in [0.05, 0.1) is 0 Å². The third kappa shape index (κ3) is 3.01. The molecule has 4 heteroatoms. The molecule has 0 heterocycles. The van der Waals surface area contributed by atoms with Gasteiger partial charge in [0.1, 0.15) is 5.75 Å². The predicted octanol–water partition coefficient (Wildman–Crippen LogP) is 1.45. The van der Waals surface area contributed by atoms with Crippen molar-refractivity contribution < 1.29 is 9.53 Å². The minimum atomic E-state index is 0.0287. The van der Waals surface area contributed by atoms with Gasteiger partial charge in [0, 0.05) is 25.2 Å². The number of aryl methyl sites for hydroxylation is 1. The van der Waals surface area contributed by atoms with Gasteiger partial charge in [-0.25, -0.2) is 0 Å². The van der Waals surface area contributed by atoms with Crippen LogP contribution in [0, 0.1) is 6.92 Å². The summed E-state index contributed by atoms with van der Waals surface area (Å²) in [6, 6.07) is 6.25. The van der Waals surface area contributed by atoms with E-state index in [0.29, 0.717) is 18.3 Å². The lowest BCUT2D eigenvalue weighted by molar-refractivity contribution is -0.132. The third-order valence-electron chi connectivity index (χ3n) is 3.28. The van der Waals surface area contributed by atoms with Gasteiger partial charge in [-0.05, 0) is 25.8 Å². The summed E-state index contributed by atoms with van der Waals surface area (Å²) < 4.78 is 5.57. The summed E-state index contributed by atoms with van der Waals surface area (Å²) in [6.45, 7) is 2.52. The number of hydrogen-bond acceptors (Lipinski definition) is 3. The molecule has 1 aromatic carbocycles. The molecule has 0 aliphatic heterocycles. The van der Waals surface area contributed by atoms with Crippen LogP contribution in [-0.2, 0) is 11.3 Å². The van der Waals surface area contributed by atoms with Gasteiger partial charge in [-0.2, -0.15) is 0 Å². The molecule has 18 heavy (non-hydrogen) atoms. The van der Waals surface area contributed by atoms with Gasteiger partial charge in [-0.3, -0.25) is 4.79 Å². The summed E-state index contributed by atoms with van der Waals surface area (Å²) in [5, 5.41) is 0. The zero-order valence-electron chi connectivity index (χ0n) is 11.0. The Balaban J connectivity index is 1.94. The fraction of sp³-hybridized carbons (Fsp3) is 0.500. The zero-order chi connectivity index (χ0) is 13.1. The maximum Gasteiger partial charge on any atom is 0.260 e. The van der Waals surface area contributed by atoms with Crippen molar-refractivity contribution in [1.29, 1.82) is 0 Å². The third-order valence-corrected chi connectivity index (χ3v) is 3.28. The second-order valence-corrected chi connectivity index (χ2v) is 4.84. The van der Waals surface area contributed by atoms with E-state index in [-0.39, 0.29) is 12.5 Å². The molecule has 0 atom stereocenters. The minimum absolute atomic E-state index is 0.0287. The number of carbonyl (C=O) groups excluding carboxylic acids is 1. The molecule has 0 spiro atoms. The Morgan fingerprint density at radius 2 is 2.22 bits per heavy atom. The quantitative estimate of drug-likeness (QED) is 0.858. The van der Waals surface area contributed by atoms with E-state index in [1.165, 1.54) is 0 Å². The number of likely N-dealkylation sites (N-methyl/N-ethyl adjacent to an activating group) is 1. The maximum absolute atomic E-state index is 11.8. The molecule has 0 unspecified atom stereocenters. The number of ether oxygens (including phenoxy) is 1. The van der Waals surface area contributed by atoms with Gasteiger partial charge in [-0.1, -0.05) is 17.7 Å². The second kappa shape index (κ2) is 5.40. The zero-order valence-corrected chi connectivity index (χ0v) is 11.0. The van der Waals surface area contributed by atoms with Crippen LogP contribution in [0.5, 0.6) is 5.75 Å². The van der Waals surface area contributed by atoms with Crippen molar-refractivity contribution in [2.45, 2.75) is 32.4 Å². The first-order chi connectivity index (χ1) is 8.61. The Labute approximate surface area is 108 Å². The highest BCUT2D eigenvalue weighted by atomic mass is 16.5. The molecule has 0 radical (unpaired) electrons. The van der Waals surface area contributed by atoms with E-state index in [2.05, 4.69) is 0 Å². The fourth-order valence-corrected chi connectivity index (χ4v) is 1.92. The van der Waals surface area contributed by atoms with Gasteiger partial charge >= 0.3 is 0 Å². The van der Waals surface area contributed by atoms with Crippen molar-refractivity contribution in [3.63, 3.8) is 0 Å². The number of hydrogen-bond donors (Lipinski definition) is 1. The van der Waals surface area contributed by atoms with Gasteiger partial charge in [0.2, 0.25) is 0 Å². The minimum Gasteiger partial charge on any atom is -0.483 e. The first-order valence-corrected chi connectivity index (χ1v) is 6.30. The monoisotopic (exact) mass is 248 g/mol. The normalized spacial score (nSPS) is 14.4. The van der Waals surface area contributed by atoms with Crippen molar-refractivity contribution in [2.24, 2.45) is 5.73 Å². The van der Waals surface area contributed by atoms with E-state index in [1.807, 2.05) is 32.2 Å². The molecule has 1 saturated carbocycles.